The van der Waals surface area contributed by atoms with Crippen LogP contribution in [-0.4, -0.2) is 11.6 Å². The summed E-state index contributed by atoms with van der Waals surface area (Å²) >= 11 is 0. The second-order valence-electron chi connectivity index (χ2n) is 4.31. The Morgan fingerprint density at radius 2 is 1.30 bits per heavy atom. The van der Waals surface area contributed by atoms with Crippen molar-refractivity contribution in [2.24, 2.45) is 0 Å². The Bertz CT molecular complexity index is 284. The van der Waals surface area contributed by atoms with Crippen LogP contribution in [0.1, 0.15) is 70.6 Å². The van der Waals surface area contributed by atoms with Crippen LogP contribution in [0.5, 0.6) is 0 Å². The number of aryl methyl sites for hydroxylation is 3. The topological polar surface area (TPSA) is 37.3 Å². The van der Waals surface area contributed by atoms with Gasteiger partial charge in [-0.05, 0) is 25.8 Å². The van der Waals surface area contributed by atoms with Crippen molar-refractivity contribution in [3.05, 3.63) is 34.9 Å². The molecule has 0 aromatic heterocycles. The number of carboxylic acid groups (broad SMARTS) is 1. The van der Waals surface area contributed by atoms with Crippen molar-refractivity contribution >= 4 is 6.47 Å². The maximum atomic E-state index is 8.36. The molecule has 0 aliphatic rings. The summed E-state index contributed by atoms with van der Waals surface area (Å²) in [7, 11) is 0. The highest BCUT2D eigenvalue weighted by Gasteiger charge is 1.91. The first-order valence-corrected chi connectivity index (χ1v) is 7.70. The number of benzene rings is 1. The number of unbranched alkanes of at least 4 members (excludes halogenated alkanes) is 2. The van der Waals surface area contributed by atoms with E-state index >= 15 is 0 Å². The molecule has 2 nitrogen and oxygen atoms in total. The second kappa shape index (κ2) is 20.0. The third-order valence-electron chi connectivity index (χ3n) is 2.40. The summed E-state index contributed by atoms with van der Waals surface area (Å²) in [5.74, 6) is 0. The van der Waals surface area contributed by atoms with E-state index < -0.39 is 0 Å². The molecular weight excluding hydrogens is 248 g/mol. The van der Waals surface area contributed by atoms with E-state index in [1.54, 1.807) is 0 Å². The second-order valence-corrected chi connectivity index (χ2v) is 4.31. The van der Waals surface area contributed by atoms with Crippen LogP contribution in [0.4, 0.5) is 0 Å². The van der Waals surface area contributed by atoms with Gasteiger partial charge in [0.2, 0.25) is 0 Å². The van der Waals surface area contributed by atoms with Gasteiger partial charge in [-0.25, -0.2) is 0 Å². The van der Waals surface area contributed by atoms with E-state index in [4.69, 9.17) is 9.90 Å². The minimum atomic E-state index is -0.250. The zero-order chi connectivity index (χ0) is 16.4. The SMILES string of the molecule is CC.CCCCC.CCc1cc(C)cc(C)c1.O=CO. The van der Waals surface area contributed by atoms with Crippen molar-refractivity contribution < 1.29 is 9.90 Å². The molecule has 20 heavy (non-hydrogen) atoms. The van der Waals surface area contributed by atoms with E-state index in [1.807, 2.05) is 13.8 Å². The van der Waals surface area contributed by atoms with Gasteiger partial charge in [0, 0.05) is 0 Å². The number of carbonyl (C=O) groups is 1. The fourth-order valence-electron chi connectivity index (χ4n) is 1.63. The van der Waals surface area contributed by atoms with E-state index in [0.29, 0.717) is 0 Å². The van der Waals surface area contributed by atoms with Gasteiger partial charge in [-0.3, -0.25) is 4.79 Å². The van der Waals surface area contributed by atoms with Crippen molar-refractivity contribution in [2.75, 3.05) is 0 Å². The molecule has 0 aliphatic carbocycles. The van der Waals surface area contributed by atoms with Crippen molar-refractivity contribution in [2.45, 2.75) is 74.1 Å². The summed E-state index contributed by atoms with van der Waals surface area (Å²) in [5, 5.41) is 6.89. The molecule has 118 valence electrons. The van der Waals surface area contributed by atoms with Crippen LogP contribution in [0.15, 0.2) is 18.2 Å². The average Bonchev–Trinajstić information content (AvgIpc) is 2.42. The molecule has 1 N–H and O–H groups in total. The van der Waals surface area contributed by atoms with Crippen LogP contribution in [0.25, 0.3) is 0 Å². The molecule has 0 atom stereocenters. The van der Waals surface area contributed by atoms with Crippen LogP contribution in [-0.2, 0) is 11.2 Å². The summed E-state index contributed by atoms with van der Waals surface area (Å²) in [6, 6.07) is 6.69. The molecule has 0 radical (unpaired) electrons. The van der Waals surface area contributed by atoms with E-state index in [0.717, 1.165) is 6.42 Å². The molecular formula is C18H34O2. The quantitative estimate of drug-likeness (QED) is 0.712. The molecule has 0 unspecified atom stereocenters. The first-order chi connectivity index (χ1) is 9.55. The lowest BCUT2D eigenvalue weighted by Gasteiger charge is -2.00. The van der Waals surface area contributed by atoms with E-state index in [2.05, 4.69) is 52.8 Å². The molecule has 0 saturated heterocycles. The Morgan fingerprint density at radius 1 is 0.950 bits per heavy atom. The first kappa shape index (κ1) is 23.8. The lowest BCUT2D eigenvalue weighted by molar-refractivity contribution is -0.122. The molecule has 0 fully saturated rings. The molecule has 0 bridgehead atoms. The van der Waals surface area contributed by atoms with Gasteiger partial charge in [0.05, 0.1) is 0 Å². The van der Waals surface area contributed by atoms with Gasteiger partial charge >= 0.3 is 0 Å². The van der Waals surface area contributed by atoms with E-state index in [9.17, 15) is 0 Å². The predicted octanol–water partition coefficient (Wildman–Crippen LogP) is 5.79. The monoisotopic (exact) mass is 282 g/mol. The van der Waals surface area contributed by atoms with Crippen LogP contribution >= 0.6 is 0 Å². The summed E-state index contributed by atoms with van der Waals surface area (Å²) in [4.78, 5) is 8.36. The Labute approximate surface area is 126 Å². The van der Waals surface area contributed by atoms with Gasteiger partial charge in [-0.2, -0.15) is 0 Å². The van der Waals surface area contributed by atoms with Crippen molar-refractivity contribution in [1.82, 2.24) is 0 Å². The van der Waals surface area contributed by atoms with Gasteiger partial charge in [0.25, 0.3) is 6.47 Å². The molecule has 1 aromatic carbocycles. The molecule has 0 heterocycles. The largest absolute Gasteiger partial charge is 0.483 e. The first-order valence-electron chi connectivity index (χ1n) is 7.70. The van der Waals surface area contributed by atoms with Crippen molar-refractivity contribution in [3.63, 3.8) is 0 Å². The highest BCUT2D eigenvalue weighted by molar-refractivity contribution is 5.32. The van der Waals surface area contributed by atoms with Gasteiger partial charge in [0.15, 0.2) is 0 Å². The smallest absolute Gasteiger partial charge is 0.290 e. The Morgan fingerprint density at radius 3 is 1.50 bits per heavy atom. The van der Waals surface area contributed by atoms with Crippen LogP contribution < -0.4 is 0 Å². The lowest BCUT2D eigenvalue weighted by atomic mass is 10.1. The van der Waals surface area contributed by atoms with Gasteiger partial charge in [-0.1, -0.05) is 83.2 Å². The predicted molar refractivity (Wildman–Crippen MR) is 90.5 cm³/mol. The van der Waals surface area contributed by atoms with Crippen molar-refractivity contribution in [3.8, 4) is 0 Å². The molecule has 0 spiro atoms. The number of rotatable bonds is 3. The van der Waals surface area contributed by atoms with Crippen LogP contribution in [0.3, 0.4) is 0 Å². The summed E-state index contributed by atoms with van der Waals surface area (Å²) in [6.45, 7) is 14.7. The lowest BCUT2D eigenvalue weighted by Crippen LogP contribution is -1.83. The van der Waals surface area contributed by atoms with E-state index in [-0.39, 0.29) is 6.47 Å². The Kier molecular flexibility index (Phi) is 23.8. The molecule has 0 aliphatic heterocycles. The average molecular weight is 282 g/mol. The molecule has 0 saturated carbocycles. The Balaban J connectivity index is -0.000000245. The third kappa shape index (κ3) is 19.0. The fourth-order valence-corrected chi connectivity index (χ4v) is 1.63. The van der Waals surface area contributed by atoms with Crippen molar-refractivity contribution in [1.29, 1.82) is 0 Å². The van der Waals surface area contributed by atoms with Gasteiger partial charge in [-0.15, -0.1) is 0 Å². The Hall–Kier alpha value is -1.31. The maximum absolute atomic E-state index is 8.36. The van der Waals surface area contributed by atoms with E-state index in [1.165, 1.54) is 36.0 Å². The maximum Gasteiger partial charge on any atom is 0.290 e. The molecule has 1 aromatic rings. The minimum Gasteiger partial charge on any atom is -0.483 e. The molecule has 0 amide bonds. The number of hydrogen-bond acceptors (Lipinski definition) is 1. The van der Waals surface area contributed by atoms with Crippen LogP contribution in [0.2, 0.25) is 0 Å². The summed E-state index contributed by atoms with van der Waals surface area (Å²) < 4.78 is 0. The highest BCUT2D eigenvalue weighted by Crippen LogP contribution is 2.08. The third-order valence-corrected chi connectivity index (χ3v) is 2.40. The summed E-state index contributed by atoms with van der Waals surface area (Å²) in [6.07, 6.45) is 5.22. The molecule has 1 rings (SSSR count). The standard InChI is InChI=1S/C10H14.C5H12.C2H6.CH2O2/c1-4-10-6-8(2)5-9(3)7-10;1-3-5-4-2;1-2;2-1-3/h5-7H,4H2,1-3H3;3-5H2,1-2H3;1-2H3;1H,(H,2,3). The zero-order valence-electron chi connectivity index (χ0n) is 14.5. The zero-order valence-corrected chi connectivity index (χ0v) is 14.5. The normalized spacial score (nSPS) is 7.95. The molecule has 2 heteroatoms. The fraction of sp³-hybridized carbons (Fsp3) is 0.611. The van der Waals surface area contributed by atoms with Gasteiger partial charge < -0.3 is 5.11 Å². The highest BCUT2D eigenvalue weighted by atomic mass is 16.3. The van der Waals surface area contributed by atoms with Crippen LogP contribution in [0, 0.1) is 13.8 Å². The number of hydrogen-bond donors (Lipinski definition) is 1. The summed E-state index contributed by atoms with van der Waals surface area (Å²) in [5.41, 5.74) is 4.19. The van der Waals surface area contributed by atoms with Gasteiger partial charge in [0.1, 0.15) is 0 Å². The minimum absolute atomic E-state index is 0.250.